The van der Waals surface area contributed by atoms with E-state index in [2.05, 4.69) is 27.4 Å². The minimum absolute atomic E-state index is 0.818. The van der Waals surface area contributed by atoms with Gasteiger partial charge in [-0.3, -0.25) is 0 Å². The highest BCUT2D eigenvalue weighted by atomic mass is 15.0. The molecule has 18 heavy (non-hydrogen) atoms. The van der Waals surface area contributed by atoms with Gasteiger partial charge in [0, 0.05) is 17.8 Å². The summed E-state index contributed by atoms with van der Waals surface area (Å²) in [5.41, 5.74) is 1.17. The molecule has 1 aromatic carbocycles. The third kappa shape index (κ3) is 2.02. The van der Waals surface area contributed by atoms with Gasteiger partial charge in [-0.25, -0.2) is 9.97 Å². The van der Waals surface area contributed by atoms with E-state index in [9.17, 15) is 0 Å². The van der Waals surface area contributed by atoms with Crippen molar-refractivity contribution in [3.63, 3.8) is 0 Å². The summed E-state index contributed by atoms with van der Waals surface area (Å²) in [5.74, 6) is 1.66. The van der Waals surface area contributed by atoms with Gasteiger partial charge in [-0.05, 0) is 36.1 Å². The Balaban J connectivity index is 2.05. The number of fused-ring (bicyclic) bond motifs is 1. The molecule has 88 valence electrons. The molecular weight excluding hydrogens is 222 g/mol. The van der Waals surface area contributed by atoms with E-state index in [0.717, 1.165) is 17.0 Å². The molecule has 0 unspecified atom stereocenters. The minimum atomic E-state index is 0.818. The van der Waals surface area contributed by atoms with Crippen LogP contribution in [0.25, 0.3) is 10.8 Å². The van der Waals surface area contributed by atoms with Gasteiger partial charge in [0.15, 0.2) is 0 Å². The van der Waals surface area contributed by atoms with Crippen molar-refractivity contribution < 1.29 is 0 Å². The number of nitrogens with zero attached hydrogens (tertiary/aromatic N) is 2. The van der Waals surface area contributed by atoms with Crippen LogP contribution in [0.3, 0.4) is 0 Å². The van der Waals surface area contributed by atoms with E-state index in [1.807, 2.05) is 37.3 Å². The molecule has 0 bridgehead atoms. The van der Waals surface area contributed by atoms with E-state index in [-0.39, 0.29) is 0 Å². The fourth-order valence-electron chi connectivity index (χ4n) is 1.95. The molecule has 0 aliphatic heterocycles. The van der Waals surface area contributed by atoms with Gasteiger partial charge < -0.3 is 5.32 Å². The fourth-order valence-corrected chi connectivity index (χ4v) is 1.95. The van der Waals surface area contributed by atoms with Crippen molar-refractivity contribution in [3.05, 3.63) is 60.4 Å². The Morgan fingerprint density at radius 2 is 1.78 bits per heavy atom. The van der Waals surface area contributed by atoms with Crippen LogP contribution in [0.5, 0.6) is 0 Å². The third-order valence-corrected chi connectivity index (χ3v) is 2.84. The monoisotopic (exact) mass is 235 g/mol. The maximum absolute atomic E-state index is 4.38. The Bertz CT molecular complexity index is 687. The molecule has 1 N–H and O–H groups in total. The molecule has 0 radical (unpaired) electrons. The quantitative estimate of drug-likeness (QED) is 0.736. The topological polar surface area (TPSA) is 37.8 Å². The lowest BCUT2D eigenvalue weighted by Gasteiger charge is -2.08. The zero-order chi connectivity index (χ0) is 12.4. The summed E-state index contributed by atoms with van der Waals surface area (Å²) < 4.78 is 0. The summed E-state index contributed by atoms with van der Waals surface area (Å²) >= 11 is 0. The van der Waals surface area contributed by atoms with Crippen LogP contribution in [-0.4, -0.2) is 9.97 Å². The maximum Gasteiger partial charge on any atom is 0.139 e. The number of benzene rings is 1. The largest absolute Gasteiger partial charge is 0.324 e. The lowest BCUT2D eigenvalue weighted by molar-refractivity contribution is 1.25. The van der Waals surface area contributed by atoms with E-state index in [1.54, 1.807) is 12.4 Å². The zero-order valence-electron chi connectivity index (χ0n) is 10.1. The summed E-state index contributed by atoms with van der Waals surface area (Å²) in [7, 11) is 0. The second-order valence-electron chi connectivity index (χ2n) is 4.22. The Kier molecular flexibility index (Phi) is 2.65. The Morgan fingerprint density at radius 1 is 0.944 bits per heavy atom. The Morgan fingerprint density at radius 3 is 2.67 bits per heavy atom. The first-order valence-corrected chi connectivity index (χ1v) is 5.86. The summed E-state index contributed by atoms with van der Waals surface area (Å²) in [5, 5.41) is 5.53. The zero-order valence-corrected chi connectivity index (χ0v) is 10.1. The molecule has 3 heteroatoms. The number of rotatable bonds is 2. The lowest BCUT2D eigenvalue weighted by atomic mass is 10.1. The van der Waals surface area contributed by atoms with Gasteiger partial charge in [-0.2, -0.15) is 0 Å². The molecule has 2 heterocycles. The molecule has 0 aliphatic carbocycles. The van der Waals surface area contributed by atoms with Gasteiger partial charge in [0.05, 0.1) is 0 Å². The van der Waals surface area contributed by atoms with Crippen molar-refractivity contribution in [2.75, 3.05) is 5.32 Å². The van der Waals surface area contributed by atoms with E-state index >= 15 is 0 Å². The molecule has 0 saturated carbocycles. The van der Waals surface area contributed by atoms with E-state index in [1.165, 1.54) is 10.9 Å². The molecule has 0 saturated heterocycles. The summed E-state index contributed by atoms with van der Waals surface area (Å²) in [6.45, 7) is 2.05. The predicted molar refractivity (Wildman–Crippen MR) is 74.0 cm³/mol. The van der Waals surface area contributed by atoms with Crippen LogP contribution in [0.2, 0.25) is 0 Å². The van der Waals surface area contributed by atoms with Crippen LogP contribution in [0.15, 0.2) is 54.9 Å². The lowest BCUT2D eigenvalue weighted by Crippen LogP contribution is -1.96. The van der Waals surface area contributed by atoms with E-state index < -0.39 is 0 Å². The highest BCUT2D eigenvalue weighted by Gasteiger charge is 2.02. The summed E-state index contributed by atoms with van der Waals surface area (Å²) in [6, 6.07) is 14.2. The number of aromatic nitrogens is 2. The van der Waals surface area contributed by atoms with Crippen molar-refractivity contribution in [1.82, 2.24) is 9.97 Å². The van der Waals surface area contributed by atoms with Crippen molar-refractivity contribution in [2.45, 2.75) is 6.92 Å². The van der Waals surface area contributed by atoms with Gasteiger partial charge in [-0.15, -0.1) is 0 Å². The highest BCUT2D eigenvalue weighted by Crippen LogP contribution is 2.23. The van der Waals surface area contributed by atoms with Gasteiger partial charge in [0.1, 0.15) is 11.6 Å². The van der Waals surface area contributed by atoms with Crippen LogP contribution in [-0.2, 0) is 0 Å². The molecule has 3 nitrogen and oxygen atoms in total. The third-order valence-electron chi connectivity index (χ3n) is 2.84. The SMILES string of the molecule is Cc1ccnc(Nc2nccc3ccccc23)c1. The van der Waals surface area contributed by atoms with Crippen LogP contribution < -0.4 is 5.32 Å². The number of hydrogen-bond acceptors (Lipinski definition) is 3. The Hall–Kier alpha value is -2.42. The number of pyridine rings is 2. The average Bonchev–Trinajstić information content (AvgIpc) is 2.39. The molecular formula is C15H13N3. The molecule has 0 atom stereocenters. The first-order valence-electron chi connectivity index (χ1n) is 5.86. The number of nitrogens with one attached hydrogen (secondary N) is 1. The molecule has 0 amide bonds. The Labute approximate surface area is 106 Å². The first kappa shape index (κ1) is 10.7. The highest BCUT2D eigenvalue weighted by molar-refractivity contribution is 5.92. The van der Waals surface area contributed by atoms with Gasteiger partial charge in [0.25, 0.3) is 0 Å². The minimum Gasteiger partial charge on any atom is -0.324 e. The van der Waals surface area contributed by atoms with Crippen molar-refractivity contribution in [2.24, 2.45) is 0 Å². The van der Waals surface area contributed by atoms with Gasteiger partial charge >= 0.3 is 0 Å². The molecule has 0 fully saturated rings. The average molecular weight is 235 g/mol. The predicted octanol–water partition coefficient (Wildman–Crippen LogP) is 3.68. The molecule has 2 aromatic heterocycles. The molecule has 0 spiro atoms. The number of anilines is 2. The van der Waals surface area contributed by atoms with Crippen molar-refractivity contribution in [3.8, 4) is 0 Å². The standard InChI is InChI=1S/C15H13N3/c1-11-6-8-16-14(10-11)18-15-13-5-3-2-4-12(13)7-9-17-15/h2-10H,1H3,(H,16,17,18). The van der Waals surface area contributed by atoms with Gasteiger partial charge in [0.2, 0.25) is 0 Å². The number of hydrogen-bond donors (Lipinski definition) is 1. The van der Waals surface area contributed by atoms with Crippen LogP contribution >= 0.6 is 0 Å². The van der Waals surface area contributed by atoms with Gasteiger partial charge in [-0.1, -0.05) is 24.3 Å². The maximum atomic E-state index is 4.38. The normalized spacial score (nSPS) is 10.5. The smallest absolute Gasteiger partial charge is 0.139 e. The van der Waals surface area contributed by atoms with Crippen LogP contribution in [0.4, 0.5) is 11.6 Å². The second kappa shape index (κ2) is 4.45. The molecule has 3 aromatic rings. The number of aryl methyl sites for hydroxylation is 1. The second-order valence-corrected chi connectivity index (χ2v) is 4.22. The van der Waals surface area contributed by atoms with E-state index in [0.29, 0.717) is 0 Å². The van der Waals surface area contributed by atoms with Crippen molar-refractivity contribution >= 4 is 22.4 Å². The van der Waals surface area contributed by atoms with E-state index in [4.69, 9.17) is 0 Å². The first-order chi connectivity index (χ1) is 8.83. The summed E-state index contributed by atoms with van der Waals surface area (Å²) in [4.78, 5) is 8.67. The molecule has 3 rings (SSSR count). The summed E-state index contributed by atoms with van der Waals surface area (Å²) in [6.07, 6.45) is 3.60. The molecule has 0 aliphatic rings. The fraction of sp³-hybridized carbons (Fsp3) is 0.0667. The van der Waals surface area contributed by atoms with Crippen LogP contribution in [0.1, 0.15) is 5.56 Å². The van der Waals surface area contributed by atoms with Crippen LogP contribution in [0, 0.1) is 6.92 Å². The van der Waals surface area contributed by atoms with Crippen molar-refractivity contribution in [1.29, 1.82) is 0 Å².